The molecule has 9 nitrogen and oxygen atoms in total. The van der Waals surface area contributed by atoms with E-state index in [-0.39, 0.29) is 36.9 Å². The van der Waals surface area contributed by atoms with Crippen LogP contribution in [0.2, 0.25) is 5.02 Å². The van der Waals surface area contributed by atoms with Crippen molar-refractivity contribution in [2.75, 3.05) is 20.1 Å². The van der Waals surface area contributed by atoms with Crippen molar-refractivity contribution >= 4 is 41.0 Å². The van der Waals surface area contributed by atoms with Gasteiger partial charge in [0.2, 0.25) is 17.6 Å². The average Bonchev–Trinajstić information content (AvgIpc) is 2.96. The van der Waals surface area contributed by atoms with Crippen molar-refractivity contribution in [3.05, 3.63) is 46.0 Å². The third-order valence-electron chi connectivity index (χ3n) is 6.25. The van der Waals surface area contributed by atoms with Crippen molar-refractivity contribution in [1.82, 2.24) is 20.0 Å². The molecular weight excluding hydrogens is 455 g/mol. The summed E-state index contributed by atoms with van der Waals surface area (Å²) < 4.78 is 13.5. The summed E-state index contributed by atoms with van der Waals surface area (Å²) in [5.41, 5.74) is -0.458. The lowest BCUT2D eigenvalue weighted by Gasteiger charge is -2.40. The summed E-state index contributed by atoms with van der Waals surface area (Å²) in [6.07, 6.45) is 0.226. The molecule has 0 bridgehead atoms. The second-order valence-corrected chi connectivity index (χ2v) is 9.08. The molecule has 0 aliphatic carbocycles. The Morgan fingerprint density at radius 2 is 1.94 bits per heavy atom. The molecule has 0 radical (unpaired) electrons. The average molecular weight is 477 g/mol. The standard InChI is InChI=1S/C22H22ClFN4O5/c1-22(2)21(33)27(10-15(29)25-3)18-12-6-7-26(9-11-4-5-14(24)13(23)8-11)19(31)16(12)17(30)20(32)28(18)22/h4-5,8,16H,6-7,9-10H2,1-3H3,(H,25,29). The summed E-state index contributed by atoms with van der Waals surface area (Å²) in [6.45, 7) is 2.95. The molecule has 0 aromatic heterocycles. The van der Waals surface area contributed by atoms with Gasteiger partial charge in [-0.25, -0.2) is 4.39 Å². The number of piperidine rings is 1. The van der Waals surface area contributed by atoms with Gasteiger partial charge in [-0.15, -0.1) is 0 Å². The van der Waals surface area contributed by atoms with E-state index in [1.807, 2.05) is 0 Å². The lowest BCUT2D eigenvalue weighted by molar-refractivity contribution is -0.154. The summed E-state index contributed by atoms with van der Waals surface area (Å²) in [7, 11) is 1.42. The molecule has 4 amide bonds. The lowest BCUT2D eigenvalue weighted by atomic mass is 9.83. The van der Waals surface area contributed by atoms with E-state index in [4.69, 9.17) is 11.6 Å². The van der Waals surface area contributed by atoms with Crippen LogP contribution >= 0.6 is 11.6 Å². The van der Waals surface area contributed by atoms with E-state index in [1.165, 1.54) is 48.9 Å². The molecule has 33 heavy (non-hydrogen) atoms. The Labute approximate surface area is 194 Å². The zero-order chi connectivity index (χ0) is 24.2. The minimum absolute atomic E-state index is 0.0789. The van der Waals surface area contributed by atoms with Gasteiger partial charge in [-0.05, 0) is 43.5 Å². The molecule has 3 heterocycles. The van der Waals surface area contributed by atoms with E-state index in [0.29, 0.717) is 11.1 Å². The Morgan fingerprint density at radius 1 is 1.24 bits per heavy atom. The second kappa shape index (κ2) is 7.95. The predicted molar refractivity (Wildman–Crippen MR) is 114 cm³/mol. The van der Waals surface area contributed by atoms with Crippen LogP contribution in [-0.4, -0.2) is 69.8 Å². The van der Waals surface area contributed by atoms with Crippen molar-refractivity contribution in [3.63, 3.8) is 0 Å². The van der Waals surface area contributed by atoms with E-state index in [2.05, 4.69) is 5.32 Å². The minimum atomic E-state index is -1.38. The molecule has 3 aliphatic rings. The first-order valence-corrected chi connectivity index (χ1v) is 10.7. The van der Waals surface area contributed by atoms with Gasteiger partial charge in [0, 0.05) is 20.1 Å². The van der Waals surface area contributed by atoms with Crippen LogP contribution in [-0.2, 0) is 30.5 Å². The fourth-order valence-electron chi connectivity index (χ4n) is 4.55. The number of nitrogens with one attached hydrogen (secondary N) is 1. The van der Waals surface area contributed by atoms with Gasteiger partial charge in [-0.3, -0.25) is 33.8 Å². The SMILES string of the molecule is CNC(=O)CN1C(=O)C(C)(C)N2C(=O)C(=O)C3C(=O)N(Cc4ccc(F)c(Cl)c4)CCC3=C12. The van der Waals surface area contributed by atoms with Crippen LogP contribution in [0.4, 0.5) is 4.39 Å². The highest BCUT2D eigenvalue weighted by Crippen LogP contribution is 2.43. The maximum atomic E-state index is 13.5. The smallest absolute Gasteiger partial charge is 0.297 e. The van der Waals surface area contributed by atoms with E-state index < -0.39 is 46.7 Å². The van der Waals surface area contributed by atoms with E-state index in [0.717, 1.165) is 4.90 Å². The van der Waals surface area contributed by atoms with E-state index in [9.17, 15) is 28.4 Å². The van der Waals surface area contributed by atoms with Crippen LogP contribution in [0.15, 0.2) is 29.6 Å². The van der Waals surface area contributed by atoms with Gasteiger partial charge < -0.3 is 10.2 Å². The van der Waals surface area contributed by atoms with Crippen LogP contribution in [0.25, 0.3) is 0 Å². The normalized spacial score (nSPS) is 22.1. The summed E-state index contributed by atoms with van der Waals surface area (Å²) in [6, 6.07) is 4.08. The lowest BCUT2D eigenvalue weighted by Crippen LogP contribution is -2.57. The topological polar surface area (TPSA) is 107 Å². The number of benzene rings is 1. The Morgan fingerprint density at radius 3 is 2.58 bits per heavy atom. The third kappa shape index (κ3) is 3.49. The highest BCUT2D eigenvalue weighted by Gasteiger charge is 2.60. The fraction of sp³-hybridized carbons (Fsp3) is 0.409. The number of rotatable bonds is 4. The van der Waals surface area contributed by atoms with Crippen molar-refractivity contribution in [3.8, 4) is 0 Å². The van der Waals surface area contributed by atoms with Crippen LogP contribution < -0.4 is 5.32 Å². The monoisotopic (exact) mass is 476 g/mol. The molecule has 1 atom stereocenters. The highest BCUT2D eigenvalue weighted by atomic mass is 35.5. The van der Waals surface area contributed by atoms with Gasteiger partial charge in [0.1, 0.15) is 29.6 Å². The Kier molecular flexibility index (Phi) is 5.52. The number of carbonyl (C=O) groups excluding carboxylic acids is 5. The Balaban J connectivity index is 1.73. The van der Waals surface area contributed by atoms with Crippen molar-refractivity contribution in [1.29, 1.82) is 0 Å². The summed E-state index contributed by atoms with van der Waals surface area (Å²) in [4.78, 5) is 68.2. The summed E-state index contributed by atoms with van der Waals surface area (Å²) in [5, 5.41) is 2.35. The number of halogens is 2. The molecule has 174 valence electrons. The molecule has 2 fully saturated rings. The number of fused-ring (bicyclic) bond motifs is 2. The molecule has 1 N–H and O–H groups in total. The number of likely N-dealkylation sites (N-methyl/N-ethyl adjacent to an activating group) is 1. The molecule has 1 unspecified atom stereocenters. The predicted octanol–water partition coefficient (Wildman–Crippen LogP) is 0.817. The molecule has 1 aromatic carbocycles. The van der Waals surface area contributed by atoms with E-state index >= 15 is 0 Å². The number of hydrogen-bond donors (Lipinski definition) is 1. The number of amides is 4. The molecular formula is C22H22ClFN4O5. The number of hydrogen-bond acceptors (Lipinski definition) is 5. The molecule has 11 heteroatoms. The maximum Gasteiger partial charge on any atom is 0.297 e. The minimum Gasteiger partial charge on any atom is -0.358 e. The first kappa shape index (κ1) is 22.9. The number of likely N-dealkylation sites (tertiary alicyclic amines) is 1. The Hall–Kier alpha value is -3.27. The van der Waals surface area contributed by atoms with Gasteiger partial charge in [-0.1, -0.05) is 17.7 Å². The van der Waals surface area contributed by atoms with Gasteiger partial charge in [0.15, 0.2) is 0 Å². The molecule has 3 aliphatic heterocycles. The van der Waals surface area contributed by atoms with Gasteiger partial charge >= 0.3 is 0 Å². The first-order chi connectivity index (χ1) is 15.5. The highest BCUT2D eigenvalue weighted by molar-refractivity contribution is 6.43. The van der Waals surface area contributed by atoms with Crippen LogP contribution in [0.3, 0.4) is 0 Å². The van der Waals surface area contributed by atoms with Crippen LogP contribution in [0, 0.1) is 11.7 Å². The second-order valence-electron chi connectivity index (χ2n) is 8.67. The van der Waals surface area contributed by atoms with E-state index in [1.54, 1.807) is 0 Å². The maximum absolute atomic E-state index is 13.5. The Bertz CT molecular complexity index is 1150. The van der Waals surface area contributed by atoms with Gasteiger partial charge in [0.25, 0.3) is 11.8 Å². The summed E-state index contributed by atoms with van der Waals surface area (Å²) in [5.74, 6) is -5.24. The van der Waals surface area contributed by atoms with Gasteiger partial charge in [-0.2, -0.15) is 0 Å². The quantitative estimate of drug-likeness (QED) is 0.511. The zero-order valence-electron chi connectivity index (χ0n) is 18.3. The van der Waals surface area contributed by atoms with Crippen molar-refractivity contribution in [2.45, 2.75) is 32.4 Å². The zero-order valence-corrected chi connectivity index (χ0v) is 19.0. The van der Waals surface area contributed by atoms with Crippen LogP contribution in [0.5, 0.6) is 0 Å². The van der Waals surface area contributed by atoms with Gasteiger partial charge in [0.05, 0.1) is 5.02 Å². The van der Waals surface area contributed by atoms with Crippen molar-refractivity contribution in [2.24, 2.45) is 5.92 Å². The molecule has 0 saturated carbocycles. The molecule has 0 spiro atoms. The first-order valence-electron chi connectivity index (χ1n) is 10.4. The largest absolute Gasteiger partial charge is 0.358 e. The molecule has 2 saturated heterocycles. The number of carbonyl (C=O) groups is 5. The number of Topliss-reactive ketones (excluding diaryl/α,β-unsaturated/α-hetero) is 1. The van der Waals surface area contributed by atoms with Crippen LogP contribution in [0.1, 0.15) is 25.8 Å². The molecule has 1 aromatic rings. The number of ketones is 1. The molecule has 4 rings (SSSR count). The fourth-order valence-corrected chi connectivity index (χ4v) is 4.75. The summed E-state index contributed by atoms with van der Waals surface area (Å²) >= 11 is 5.83. The number of nitrogens with zero attached hydrogens (tertiary/aromatic N) is 3. The third-order valence-corrected chi connectivity index (χ3v) is 6.54. The van der Waals surface area contributed by atoms with Crippen molar-refractivity contribution < 1.29 is 28.4 Å².